The summed E-state index contributed by atoms with van der Waals surface area (Å²) in [5.41, 5.74) is 1.04. The molecular weight excluding hydrogens is 547 g/mol. The van der Waals surface area contributed by atoms with Crippen molar-refractivity contribution >= 4 is 23.4 Å². The molecule has 1 aromatic heterocycles. The molecule has 2 saturated heterocycles. The summed E-state index contributed by atoms with van der Waals surface area (Å²) in [6.45, 7) is 4.21. The van der Waals surface area contributed by atoms with Crippen LogP contribution >= 0.6 is 0 Å². The van der Waals surface area contributed by atoms with Gasteiger partial charge in [0.25, 0.3) is 0 Å². The lowest BCUT2D eigenvalue weighted by atomic mass is 9.91. The van der Waals surface area contributed by atoms with Crippen LogP contribution in [-0.4, -0.2) is 55.7 Å². The molecule has 0 saturated carbocycles. The van der Waals surface area contributed by atoms with E-state index in [1.165, 1.54) is 0 Å². The van der Waals surface area contributed by atoms with Gasteiger partial charge in [0.2, 0.25) is 5.91 Å². The summed E-state index contributed by atoms with van der Waals surface area (Å²) in [7, 11) is 0. The summed E-state index contributed by atoms with van der Waals surface area (Å²) < 4.78 is 46.7. The number of hydrogen-bond acceptors (Lipinski definition) is 7. The van der Waals surface area contributed by atoms with Crippen LogP contribution in [0, 0.1) is 17.2 Å². The topological polar surface area (TPSA) is 98.6 Å². The van der Waals surface area contributed by atoms with Gasteiger partial charge in [-0.05, 0) is 81.5 Å². The minimum Gasteiger partial charge on any atom is -0.466 e. The number of carbonyl (C=O) groups is 2. The molecule has 4 rings (SSSR count). The number of rotatable bonds is 11. The lowest BCUT2D eigenvalue weighted by molar-refractivity contribution is -0.143. The summed E-state index contributed by atoms with van der Waals surface area (Å²) >= 11 is 0. The highest BCUT2D eigenvalue weighted by Gasteiger charge is 2.37. The van der Waals surface area contributed by atoms with E-state index in [2.05, 4.69) is 16.4 Å². The van der Waals surface area contributed by atoms with E-state index in [0.29, 0.717) is 75.6 Å². The average molecular weight is 586 g/mol. The van der Waals surface area contributed by atoms with Gasteiger partial charge in [-0.3, -0.25) is 9.59 Å². The zero-order chi connectivity index (χ0) is 30.1. The number of nitrogens with one attached hydrogen (secondary N) is 1. The third kappa shape index (κ3) is 8.37. The van der Waals surface area contributed by atoms with Gasteiger partial charge in [-0.1, -0.05) is 12.1 Å². The van der Waals surface area contributed by atoms with Gasteiger partial charge >= 0.3 is 12.1 Å². The SMILES string of the molecule is CCOC(=O)CCCC1CCN(c2cc(N3CCC[C@H]3C(=O)NCCc3ccc(C#N)cc3)nc(C(F)(F)F)c2)CC1. The van der Waals surface area contributed by atoms with Crippen LogP contribution in [0.3, 0.4) is 0 Å². The minimum atomic E-state index is -4.62. The molecule has 11 heteroatoms. The van der Waals surface area contributed by atoms with Gasteiger partial charge in [-0.15, -0.1) is 0 Å². The number of halogens is 3. The Labute approximate surface area is 244 Å². The van der Waals surface area contributed by atoms with Crippen molar-refractivity contribution in [2.45, 2.75) is 70.5 Å². The molecule has 8 nitrogen and oxygen atoms in total. The Morgan fingerprint density at radius 2 is 1.86 bits per heavy atom. The number of anilines is 2. The molecule has 226 valence electrons. The largest absolute Gasteiger partial charge is 0.466 e. The molecule has 2 aromatic rings. The number of hydrogen-bond donors (Lipinski definition) is 1. The maximum Gasteiger partial charge on any atom is 0.433 e. The molecule has 3 heterocycles. The molecule has 2 aliphatic heterocycles. The fourth-order valence-electron chi connectivity index (χ4n) is 5.73. The number of esters is 1. The van der Waals surface area contributed by atoms with Gasteiger partial charge in [0.05, 0.1) is 18.2 Å². The third-order valence-electron chi connectivity index (χ3n) is 8.01. The van der Waals surface area contributed by atoms with Gasteiger partial charge in [0.15, 0.2) is 0 Å². The highest BCUT2D eigenvalue weighted by Crippen LogP contribution is 2.36. The summed E-state index contributed by atoms with van der Waals surface area (Å²) in [6.07, 6.45) is 0.849. The Kier molecular flexibility index (Phi) is 10.7. The number of piperidine rings is 1. The monoisotopic (exact) mass is 585 g/mol. The number of alkyl halides is 3. The number of nitriles is 1. The van der Waals surface area contributed by atoms with Crippen molar-refractivity contribution < 1.29 is 27.5 Å². The highest BCUT2D eigenvalue weighted by molar-refractivity contribution is 5.85. The van der Waals surface area contributed by atoms with Gasteiger partial charge in [-0.2, -0.15) is 18.4 Å². The second-order valence-electron chi connectivity index (χ2n) is 10.9. The zero-order valence-corrected chi connectivity index (χ0v) is 24.0. The van der Waals surface area contributed by atoms with Crippen molar-refractivity contribution in [2.75, 3.05) is 42.6 Å². The predicted octanol–water partition coefficient (Wildman–Crippen LogP) is 5.25. The van der Waals surface area contributed by atoms with Crippen molar-refractivity contribution in [3.63, 3.8) is 0 Å². The lowest BCUT2D eigenvalue weighted by Crippen LogP contribution is -2.44. The number of nitrogens with zero attached hydrogens (tertiary/aromatic N) is 4. The standard InChI is InChI=1S/C31H38F3N5O3/c1-2-42-29(40)7-3-5-22-13-17-38(18-14-22)25-19-27(31(32,33)34)37-28(20-25)39-16-4-6-26(39)30(41)36-15-12-23-8-10-24(21-35)11-9-23/h8-11,19-20,22,26H,2-7,12-18H2,1H3,(H,36,41)/t26-/m0/s1. The Balaban J connectivity index is 1.39. The Hall–Kier alpha value is -3.81. The maximum absolute atomic E-state index is 13.9. The summed E-state index contributed by atoms with van der Waals surface area (Å²) in [4.78, 5) is 32.3. The Bertz CT molecular complexity index is 1250. The molecule has 42 heavy (non-hydrogen) atoms. The number of amides is 1. The molecule has 0 radical (unpaired) electrons. The fourth-order valence-corrected chi connectivity index (χ4v) is 5.73. The van der Waals surface area contributed by atoms with E-state index in [1.54, 1.807) is 30.0 Å². The van der Waals surface area contributed by atoms with Crippen molar-refractivity contribution in [3.8, 4) is 6.07 Å². The van der Waals surface area contributed by atoms with Crippen LogP contribution in [0.1, 0.15) is 68.7 Å². The zero-order valence-electron chi connectivity index (χ0n) is 24.0. The first kappa shape index (κ1) is 31.1. The van der Waals surface area contributed by atoms with Crippen LogP contribution in [0.25, 0.3) is 0 Å². The van der Waals surface area contributed by atoms with Crippen molar-refractivity contribution in [1.82, 2.24) is 10.3 Å². The molecule has 1 aromatic carbocycles. The molecule has 2 fully saturated rings. The number of carbonyl (C=O) groups excluding carboxylic acids is 2. The van der Waals surface area contributed by atoms with Crippen LogP contribution < -0.4 is 15.1 Å². The first-order valence-corrected chi connectivity index (χ1v) is 14.7. The normalized spacial score (nSPS) is 17.6. The van der Waals surface area contributed by atoms with E-state index >= 15 is 0 Å². The van der Waals surface area contributed by atoms with E-state index in [1.807, 2.05) is 17.0 Å². The van der Waals surface area contributed by atoms with E-state index in [0.717, 1.165) is 37.3 Å². The number of ether oxygens (including phenoxy) is 1. The molecule has 2 aliphatic rings. The van der Waals surface area contributed by atoms with Crippen LogP contribution in [0.15, 0.2) is 36.4 Å². The molecule has 0 bridgehead atoms. The molecule has 0 spiro atoms. The second-order valence-corrected chi connectivity index (χ2v) is 10.9. The van der Waals surface area contributed by atoms with Crippen LogP contribution in [-0.2, 0) is 26.9 Å². The van der Waals surface area contributed by atoms with E-state index in [-0.39, 0.29) is 17.7 Å². The Morgan fingerprint density at radius 3 is 2.52 bits per heavy atom. The number of pyridine rings is 1. The van der Waals surface area contributed by atoms with E-state index in [4.69, 9.17) is 10.00 Å². The summed E-state index contributed by atoms with van der Waals surface area (Å²) in [5, 5.41) is 11.9. The molecule has 1 atom stereocenters. The van der Waals surface area contributed by atoms with Crippen LogP contribution in [0.4, 0.5) is 24.7 Å². The van der Waals surface area contributed by atoms with Crippen molar-refractivity contribution in [2.24, 2.45) is 5.92 Å². The molecule has 1 N–H and O–H groups in total. The van der Waals surface area contributed by atoms with E-state index < -0.39 is 17.9 Å². The average Bonchev–Trinajstić information content (AvgIpc) is 3.48. The van der Waals surface area contributed by atoms with E-state index in [9.17, 15) is 22.8 Å². The predicted molar refractivity (Wildman–Crippen MR) is 153 cm³/mol. The number of benzene rings is 1. The van der Waals surface area contributed by atoms with Crippen LogP contribution in [0.5, 0.6) is 0 Å². The van der Waals surface area contributed by atoms with Crippen molar-refractivity contribution in [1.29, 1.82) is 5.26 Å². The van der Waals surface area contributed by atoms with Gasteiger partial charge < -0.3 is 19.9 Å². The molecule has 0 unspecified atom stereocenters. The summed E-state index contributed by atoms with van der Waals surface area (Å²) in [5.74, 6) is 0.154. The lowest BCUT2D eigenvalue weighted by Gasteiger charge is -2.35. The summed E-state index contributed by atoms with van der Waals surface area (Å²) in [6, 6.07) is 11.4. The molecular formula is C31H38F3N5O3. The van der Waals surface area contributed by atoms with Crippen molar-refractivity contribution in [3.05, 3.63) is 53.2 Å². The molecule has 1 amide bonds. The fraction of sp³-hybridized carbons (Fsp3) is 0.548. The van der Waals surface area contributed by atoms with Gasteiger partial charge in [0.1, 0.15) is 17.6 Å². The molecule has 0 aliphatic carbocycles. The Morgan fingerprint density at radius 1 is 1.12 bits per heavy atom. The van der Waals surface area contributed by atoms with Gasteiger partial charge in [-0.25, -0.2) is 4.98 Å². The smallest absolute Gasteiger partial charge is 0.433 e. The quantitative estimate of drug-likeness (QED) is 0.360. The third-order valence-corrected chi connectivity index (χ3v) is 8.01. The second kappa shape index (κ2) is 14.4. The first-order chi connectivity index (χ1) is 20.2. The first-order valence-electron chi connectivity index (χ1n) is 14.7. The maximum atomic E-state index is 13.9. The minimum absolute atomic E-state index is 0.168. The van der Waals surface area contributed by atoms with Crippen LogP contribution in [0.2, 0.25) is 0 Å². The van der Waals surface area contributed by atoms with Gasteiger partial charge in [0, 0.05) is 44.4 Å². The highest BCUT2D eigenvalue weighted by atomic mass is 19.4. The number of aromatic nitrogens is 1.